The van der Waals surface area contributed by atoms with Crippen LogP contribution < -0.4 is 0 Å². The molecule has 0 spiro atoms. The zero-order valence-electron chi connectivity index (χ0n) is 12.0. The summed E-state index contributed by atoms with van der Waals surface area (Å²) in [5.74, 6) is 0. The van der Waals surface area contributed by atoms with Gasteiger partial charge in [-0.25, -0.2) is 8.42 Å². The number of aliphatic hydroxyl groups excluding tert-OH is 2. The Morgan fingerprint density at radius 1 is 1.25 bits per heavy atom. The Labute approximate surface area is 120 Å². The van der Waals surface area contributed by atoms with Crippen LogP contribution in [0.2, 0.25) is 0 Å². The molecule has 5 nitrogen and oxygen atoms in total. The number of nitrogens with zero attached hydrogens (tertiary/aromatic N) is 1. The third kappa shape index (κ3) is 4.02. The lowest BCUT2D eigenvalue weighted by atomic mass is 10.1. The molecular weight excluding hydrogens is 278 g/mol. The van der Waals surface area contributed by atoms with Crippen LogP contribution in [0.15, 0.2) is 29.2 Å². The van der Waals surface area contributed by atoms with Crippen molar-refractivity contribution in [3.05, 3.63) is 29.8 Å². The van der Waals surface area contributed by atoms with Gasteiger partial charge in [-0.05, 0) is 30.5 Å². The first-order valence-electron chi connectivity index (χ1n) is 6.86. The molecule has 2 N–H and O–H groups in total. The highest BCUT2D eigenvalue weighted by atomic mass is 32.2. The standard InChI is InChI=1S/C14H23NO4S/c1-3-8-15(9-10-16)20(18,19)13-7-5-6-12(11-13)14(17)4-2/h5-7,11,14,16-17H,3-4,8-10H2,1-2H3. The second kappa shape index (κ2) is 7.73. The molecule has 0 saturated carbocycles. The fourth-order valence-electron chi connectivity index (χ4n) is 1.98. The molecule has 0 aliphatic carbocycles. The second-order valence-electron chi connectivity index (χ2n) is 4.62. The van der Waals surface area contributed by atoms with Gasteiger partial charge in [0, 0.05) is 13.1 Å². The van der Waals surface area contributed by atoms with Crippen LogP contribution in [0.1, 0.15) is 38.4 Å². The molecule has 0 saturated heterocycles. The monoisotopic (exact) mass is 301 g/mol. The first-order chi connectivity index (χ1) is 9.47. The van der Waals surface area contributed by atoms with Crippen molar-refractivity contribution >= 4 is 10.0 Å². The summed E-state index contributed by atoms with van der Waals surface area (Å²) in [7, 11) is -3.63. The van der Waals surface area contributed by atoms with Gasteiger partial charge >= 0.3 is 0 Å². The van der Waals surface area contributed by atoms with E-state index in [1.807, 2.05) is 13.8 Å². The zero-order valence-corrected chi connectivity index (χ0v) is 12.8. The van der Waals surface area contributed by atoms with E-state index in [0.717, 1.165) is 0 Å². The Balaban J connectivity index is 3.13. The van der Waals surface area contributed by atoms with E-state index >= 15 is 0 Å². The number of aliphatic hydroxyl groups is 2. The smallest absolute Gasteiger partial charge is 0.243 e. The van der Waals surface area contributed by atoms with E-state index in [0.29, 0.717) is 24.9 Å². The lowest BCUT2D eigenvalue weighted by Crippen LogP contribution is -2.34. The largest absolute Gasteiger partial charge is 0.395 e. The van der Waals surface area contributed by atoms with Gasteiger partial charge in [0.05, 0.1) is 17.6 Å². The van der Waals surface area contributed by atoms with E-state index < -0.39 is 16.1 Å². The molecule has 6 heteroatoms. The van der Waals surface area contributed by atoms with Crippen LogP contribution in [0.4, 0.5) is 0 Å². The third-order valence-corrected chi connectivity index (χ3v) is 4.98. The molecule has 1 rings (SSSR count). The summed E-state index contributed by atoms with van der Waals surface area (Å²) >= 11 is 0. The average Bonchev–Trinajstić information content (AvgIpc) is 2.46. The van der Waals surface area contributed by atoms with Gasteiger partial charge in [0.15, 0.2) is 0 Å². The third-order valence-electron chi connectivity index (χ3n) is 3.09. The van der Waals surface area contributed by atoms with Gasteiger partial charge in [0.1, 0.15) is 0 Å². The molecule has 1 unspecified atom stereocenters. The van der Waals surface area contributed by atoms with Gasteiger partial charge in [0.2, 0.25) is 10.0 Å². The van der Waals surface area contributed by atoms with Crippen LogP contribution in [0.3, 0.4) is 0 Å². The molecule has 1 aromatic carbocycles. The van der Waals surface area contributed by atoms with Gasteiger partial charge < -0.3 is 10.2 Å². The lowest BCUT2D eigenvalue weighted by molar-refractivity contribution is 0.173. The summed E-state index contributed by atoms with van der Waals surface area (Å²) in [5.41, 5.74) is 0.592. The molecule has 1 atom stereocenters. The normalized spacial score (nSPS) is 13.7. The van der Waals surface area contributed by atoms with Crippen molar-refractivity contribution in [1.29, 1.82) is 0 Å². The van der Waals surface area contributed by atoms with Crippen LogP contribution in [0, 0.1) is 0 Å². The molecule has 114 valence electrons. The molecule has 0 aliphatic rings. The quantitative estimate of drug-likeness (QED) is 0.763. The minimum atomic E-state index is -3.63. The van der Waals surface area contributed by atoms with E-state index in [1.54, 1.807) is 12.1 Å². The van der Waals surface area contributed by atoms with Crippen LogP contribution >= 0.6 is 0 Å². The molecule has 1 aromatic rings. The van der Waals surface area contributed by atoms with E-state index in [1.165, 1.54) is 16.4 Å². The van der Waals surface area contributed by atoms with E-state index in [-0.39, 0.29) is 18.0 Å². The Morgan fingerprint density at radius 3 is 2.50 bits per heavy atom. The molecule has 0 heterocycles. The van der Waals surface area contributed by atoms with Crippen molar-refractivity contribution in [1.82, 2.24) is 4.31 Å². The highest BCUT2D eigenvalue weighted by Gasteiger charge is 2.23. The molecule has 0 bridgehead atoms. The Hall–Kier alpha value is -0.950. The maximum atomic E-state index is 12.5. The van der Waals surface area contributed by atoms with Crippen molar-refractivity contribution in [3.63, 3.8) is 0 Å². The van der Waals surface area contributed by atoms with Crippen molar-refractivity contribution in [2.75, 3.05) is 19.7 Å². The number of hydrogen-bond acceptors (Lipinski definition) is 4. The van der Waals surface area contributed by atoms with Crippen molar-refractivity contribution in [3.8, 4) is 0 Å². The predicted octanol–water partition coefficient (Wildman–Crippen LogP) is 1.52. The summed E-state index contributed by atoms with van der Waals surface area (Å²) in [6, 6.07) is 6.36. The first kappa shape index (κ1) is 17.1. The van der Waals surface area contributed by atoms with E-state index in [9.17, 15) is 13.5 Å². The van der Waals surface area contributed by atoms with E-state index in [2.05, 4.69) is 0 Å². The van der Waals surface area contributed by atoms with E-state index in [4.69, 9.17) is 5.11 Å². The lowest BCUT2D eigenvalue weighted by Gasteiger charge is -2.21. The minimum absolute atomic E-state index is 0.0801. The van der Waals surface area contributed by atoms with Crippen molar-refractivity contribution in [2.24, 2.45) is 0 Å². The van der Waals surface area contributed by atoms with Crippen molar-refractivity contribution in [2.45, 2.75) is 37.7 Å². The summed E-state index contributed by atoms with van der Waals surface area (Å²) in [6.07, 6.45) is 0.539. The molecule has 0 fully saturated rings. The van der Waals surface area contributed by atoms with Gasteiger partial charge in [0.25, 0.3) is 0 Å². The number of benzene rings is 1. The minimum Gasteiger partial charge on any atom is -0.395 e. The maximum Gasteiger partial charge on any atom is 0.243 e. The van der Waals surface area contributed by atoms with Crippen LogP contribution in [-0.4, -0.2) is 42.6 Å². The molecule has 20 heavy (non-hydrogen) atoms. The van der Waals surface area contributed by atoms with Gasteiger partial charge in [-0.15, -0.1) is 0 Å². The summed E-state index contributed by atoms with van der Waals surface area (Å²) in [5, 5.41) is 18.8. The molecule has 0 aromatic heterocycles. The van der Waals surface area contributed by atoms with Gasteiger partial charge in [-0.2, -0.15) is 4.31 Å². The Bertz CT molecular complexity index is 510. The highest BCUT2D eigenvalue weighted by molar-refractivity contribution is 7.89. The number of rotatable bonds is 8. The number of sulfonamides is 1. The van der Waals surface area contributed by atoms with Crippen LogP contribution in [-0.2, 0) is 10.0 Å². The molecule has 0 radical (unpaired) electrons. The fourth-order valence-corrected chi connectivity index (χ4v) is 3.56. The first-order valence-corrected chi connectivity index (χ1v) is 8.30. The second-order valence-corrected chi connectivity index (χ2v) is 6.56. The van der Waals surface area contributed by atoms with Crippen molar-refractivity contribution < 1.29 is 18.6 Å². The van der Waals surface area contributed by atoms with Crippen LogP contribution in [0.25, 0.3) is 0 Å². The Morgan fingerprint density at radius 2 is 1.95 bits per heavy atom. The Kier molecular flexibility index (Phi) is 6.61. The van der Waals surface area contributed by atoms with Crippen LogP contribution in [0.5, 0.6) is 0 Å². The fraction of sp³-hybridized carbons (Fsp3) is 0.571. The average molecular weight is 301 g/mol. The zero-order chi connectivity index (χ0) is 15.2. The van der Waals surface area contributed by atoms with Gasteiger partial charge in [-0.1, -0.05) is 26.0 Å². The topological polar surface area (TPSA) is 77.8 Å². The highest BCUT2D eigenvalue weighted by Crippen LogP contribution is 2.22. The molecule has 0 amide bonds. The molecular formula is C14H23NO4S. The summed E-state index contributed by atoms with van der Waals surface area (Å²) in [6.45, 7) is 3.95. The summed E-state index contributed by atoms with van der Waals surface area (Å²) < 4.78 is 26.3. The predicted molar refractivity (Wildman–Crippen MR) is 77.8 cm³/mol. The molecule has 0 aliphatic heterocycles. The van der Waals surface area contributed by atoms with Gasteiger partial charge in [-0.3, -0.25) is 0 Å². The maximum absolute atomic E-state index is 12.5. The summed E-state index contributed by atoms with van der Waals surface area (Å²) in [4.78, 5) is 0.157. The SMILES string of the molecule is CCCN(CCO)S(=O)(=O)c1cccc(C(O)CC)c1. The number of hydrogen-bond donors (Lipinski definition) is 2.